The Labute approximate surface area is 167 Å². The lowest BCUT2D eigenvalue weighted by Crippen LogP contribution is -2.16. The Morgan fingerprint density at radius 3 is 2.11 bits per heavy atom. The minimum Gasteiger partial charge on any atom is -0.322 e. The van der Waals surface area contributed by atoms with E-state index in [1.54, 1.807) is 6.92 Å². The summed E-state index contributed by atoms with van der Waals surface area (Å²) in [6.45, 7) is 5.89. The first-order valence-electron chi connectivity index (χ1n) is 9.09. The SMILES string of the molecule is CCc1cc([S+]2c3ccccc3Sc3ccccc32)c(NC(C)=O)cc1C. The van der Waals surface area contributed by atoms with Crippen molar-refractivity contribution in [3.05, 3.63) is 71.8 Å². The van der Waals surface area contributed by atoms with Crippen LogP contribution in [0.1, 0.15) is 25.0 Å². The minimum atomic E-state index is -0.242. The van der Waals surface area contributed by atoms with Crippen LogP contribution in [-0.2, 0) is 22.1 Å². The van der Waals surface area contributed by atoms with Crippen molar-refractivity contribution in [3.63, 3.8) is 0 Å². The van der Waals surface area contributed by atoms with Crippen molar-refractivity contribution in [2.45, 2.75) is 51.7 Å². The van der Waals surface area contributed by atoms with Crippen molar-refractivity contribution in [1.29, 1.82) is 0 Å². The van der Waals surface area contributed by atoms with Crippen LogP contribution in [0.4, 0.5) is 5.69 Å². The average molecular weight is 393 g/mol. The molecule has 0 unspecified atom stereocenters. The van der Waals surface area contributed by atoms with Gasteiger partial charge in [0.2, 0.25) is 5.91 Å². The van der Waals surface area contributed by atoms with Gasteiger partial charge in [-0.25, -0.2) is 0 Å². The second-order valence-corrected chi connectivity index (χ2v) is 9.63. The fraction of sp³-hybridized carbons (Fsp3) is 0.174. The van der Waals surface area contributed by atoms with Crippen molar-refractivity contribution < 1.29 is 4.79 Å². The molecule has 0 saturated heterocycles. The molecule has 0 spiro atoms. The third kappa shape index (κ3) is 3.40. The number of amides is 1. The van der Waals surface area contributed by atoms with Crippen molar-refractivity contribution in [2.75, 3.05) is 5.32 Å². The van der Waals surface area contributed by atoms with Crippen molar-refractivity contribution in [2.24, 2.45) is 0 Å². The highest BCUT2D eigenvalue weighted by Crippen LogP contribution is 2.49. The highest BCUT2D eigenvalue weighted by atomic mass is 32.2. The van der Waals surface area contributed by atoms with E-state index < -0.39 is 0 Å². The number of benzene rings is 3. The van der Waals surface area contributed by atoms with Gasteiger partial charge in [-0.1, -0.05) is 43.0 Å². The van der Waals surface area contributed by atoms with Gasteiger partial charge in [0.1, 0.15) is 10.9 Å². The quantitative estimate of drug-likeness (QED) is 0.428. The number of anilines is 1. The molecule has 1 N–H and O–H groups in total. The molecule has 0 aromatic heterocycles. The molecule has 0 aliphatic carbocycles. The highest BCUT2D eigenvalue weighted by molar-refractivity contribution is 8.04. The van der Waals surface area contributed by atoms with Crippen molar-refractivity contribution in [1.82, 2.24) is 0 Å². The Morgan fingerprint density at radius 2 is 1.56 bits per heavy atom. The zero-order valence-electron chi connectivity index (χ0n) is 15.7. The van der Waals surface area contributed by atoms with Crippen LogP contribution in [0.2, 0.25) is 0 Å². The molecule has 0 saturated carbocycles. The van der Waals surface area contributed by atoms with Gasteiger partial charge in [0.15, 0.2) is 14.7 Å². The summed E-state index contributed by atoms with van der Waals surface area (Å²) in [5.74, 6) is -0.0311. The molecule has 27 heavy (non-hydrogen) atoms. The second-order valence-electron chi connectivity index (χ2n) is 6.61. The second kappa shape index (κ2) is 7.45. The van der Waals surface area contributed by atoms with E-state index in [0.717, 1.165) is 12.1 Å². The predicted octanol–water partition coefficient (Wildman–Crippen LogP) is 6.08. The molecule has 1 amide bonds. The predicted molar refractivity (Wildman–Crippen MR) is 114 cm³/mol. The molecule has 1 aliphatic rings. The normalized spacial score (nSPS) is 13.0. The van der Waals surface area contributed by atoms with Gasteiger partial charge < -0.3 is 5.32 Å². The van der Waals surface area contributed by atoms with E-state index >= 15 is 0 Å². The molecule has 0 bridgehead atoms. The zero-order chi connectivity index (χ0) is 19.0. The molecular weight excluding hydrogens is 370 g/mol. The molecule has 0 radical (unpaired) electrons. The standard InChI is InChI=1S/C23H21NOS2/c1-4-17-14-23(18(13-15(17)2)24-16(3)25)27-21-11-7-5-9-19(21)26-20-10-6-8-12-22(20)27/h5-14H,4H2,1-3H3/p+1. The smallest absolute Gasteiger partial charge is 0.221 e. The van der Waals surface area contributed by atoms with Crippen LogP contribution >= 0.6 is 11.8 Å². The maximum Gasteiger partial charge on any atom is 0.221 e. The summed E-state index contributed by atoms with van der Waals surface area (Å²) < 4.78 is 0. The van der Waals surface area contributed by atoms with E-state index in [-0.39, 0.29) is 16.8 Å². The Morgan fingerprint density at radius 1 is 0.963 bits per heavy atom. The molecule has 4 heteroatoms. The highest BCUT2D eigenvalue weighted by Gasteiger charge is 2.39. The van der Waals surface area contributed by atoms with E-state index in [1.165, 1.54) is 35.6 Å². The van der Waals surface area contributed by atoms with E-state index in [9.17, 15) is 4.79 Å². The Hall–Kier alpha value is -2.17. The first kappa shape index (κ1) is 18.2. The number of carbonyl (C=O) groups is 1. The number of rotatable bonds is 3. The molecule has 2 nitrogen and oxygen atoms in total. The summed E-state index contributed by atoms with van der Waals surface area (Å²) in [4.78, 5) is 18.4. The summed E-state index contributed by atoms with van der Waals surface area (Å²) in [5, 5.41) is 3.09. The molecule has 4 rings (SSSR count). The summed E-state index contributed by atoms with van der Waals surface area (Å²) >= 11 is 1.83. The fourth-order valence-corrected chi connectivity index (χ4v) is 7.33. The van der Waals surface area contributed by atoms with Crippen molar-refractivity contribution in [3.8, 4) is 0 Å². The van der Waals surface area contributed by atoms with Gasteiger partial charge in [-0.05, 0) is 60.9 Å². The number of hydrogen-bond acceptors (Lipinski definition) is 2. The molecule has 1 aliphatic heterocycles. The number of fused-ring (bicyclic) bond motifs is 2. The van der Waals surface area contributed by atoms with Gasteiger partial charge in [0.05, 0.1) is 15.5 Å². The third-order valence-corrected chi connectivity index (χ3v) is 8.49. The number of aryl methyl sites for hydroxylation is 2. The average Bonchev–Trinajstić information content (AvgIpc) is 2.66. The Bertz CT molecular complexity index is 983. The zero-order valence-corrected chi connectivity index (χ0v) is 17.3. The molecule has 1 heterocycles. The van der Waals surface area contributed by atoms with E-state index in [1.807, 2.05) is 11.8 Å². The maximum absolute atomic E-state index is 11.9. The summed E-state index contributed by atoms with van der Waals surface area (Å²) in [6.07, 6.45) is 0.981. The topological polar surface area (TPSA) is 29.1 Å². The van der Waals surface area contributed by atoms with Crippen molar-refractivity contribution >= 4 is 34.3 Å². The van der Waals surface area contributed by atoms with Crippen LogP contribution in [-0.4, -0.2) is 5.91 Å². The third-order valence-electron chi connectivity index (χ3n) is 4.71. The Balaban J connectivity index is 1.99. The van der Waals surface area contributed by atoms with E-state index in [0.29, 0.717) is 0 Å². The summed E-state index contributed by atoms with van der Waals surface area (Å²) in [6, 6.07) is 21.7. The van der Waals surface area contributed by atoms with Gasteiger partial charge in [0, 0.05) is 6.92 Å². The number of carbonyl (C=O) groups excluding carboxylic acids is 1. The van der Waals surface area contributed by atoms with Gasteiger partial charge in [0.25, 0.3) is 0 Å². The molecule has 3 aromatic carbocycles. The molecular formula is C23H22NOS2+. The molecule has 136 valence electrons. The number of nitrogens with one attached hydrogen (secondary N) is 1. The lowest BCUT2D eigenvalue weighted by Gasteiger charge is -2.21. The van der Waals surface area contributed by atoms with Crippen LogP contribution in [0.25, 0.3) is 0 Å². The van der Waals surface area contributed by atoms with Gasteiger partial charge in [-0.15, -0.1) is 0 Å². The van der Waals surface area contributed by atoms with E-state index in [4.69, 9.17) is 0 Å². The largest absolute Gasteiger partial charge is 0.322 e. The van der Waals surface area contributed by atoms with Crippen LogP contribution in [0, 0.1) is 6.92 Å². The van der Waals surface area contributed by atoms with Crippen LogP contribution in [0.15, 0.2) is 85.1 Å². The first-order chi connectivity index (χ1) is 13.1. The van der Waals surface area contributed by atoms with E-state index in [2.05, 4.69) is 79.8 Å². The molecule has 0 atom stereocenters. The van der Waals surface area contributed by atoms with Gasteiger partial charge in [-0.3, -0.25) is 4.79 Å². The van der Waals surface area contributed by atoms with Crippen LogP contribution in [0.3, 0.4) is 0 Å². The molecule has 0 fully saturated rings. The first-order valence-corrected chi connectivity index (χ1v) is 11.1. The monoisotopic (exact) mass is 392 g/mol. The minimum absolute atomic E-state index is 0.0311. The molecule has 3 aromatic rings. The summed E-state index contributed by atoms with van der Waals surface area (Å²) in [7, 11) is -0.242. The fourth-order valence-electron chi connectivity index (χ4n) is 3.45. The van der Waals surface area contributed by atoms with Crippen LogP contribution < -0.4 is 5.32 Å². The lowest BCUT2D eigenvalue weighted by atomic mass is 10.1. The van der Waals surface area contributed by atoms with Gasteiger partial charge in [-0.2, -0.15) is 0 Å². The Kier molecular flexibility index (Phi) is 5.02. The lowest BCUT2D eigenvalue weighted by molar-refractivity contribution is -0.114. The maximum atomic E-state index is 11.9. The van der Waals surface area contributed by atoms with Crippen LogP contribution in [0.5, 0.6) is 0 Å². The van der Waals surface area contributed by atoms with Gasteiger partial charge >= 0.3 is 0 Å². The summed E-state index contributed by atoms with van der Waals surface area (Å²) in [5.41, 5.74) is 3.48. The number of hydrogen-bond donors (Lipinski definition) is 1.